The van der Waals surface area contributed by atoms with Crippen molar-refractivity contribution in [3.8, 4) is 0 Å². The summed E-state index contributed by atoms with van der Waals surface area (Å²) < 4.78 is 3.51. The first-order valence-electron chi connectivity index (χ1n) is 11.9. The van der Waals surface area contributed by atoms with Gasteiger partial charge < -0.3 is 9.80 Å². The van der Waals surface area contributed by atoms with Gasteiger partial charge in [0.05, 0.1) is 5.41 Å². The van der Waals surface area contributed by atoms with Gasteiger partial charge in [-0.3, -0.25) is 19.0 Å². The number of nitrogens with zero attached hydrogens (tertiary/aromatic N) is 7. The number of hydrogen-bond acceptors (Lipinski definition) is 5. The monoisotopic (exact) mass is 461 g/mol. The molecular formula is C25H31N7O2. The van der Waals surface area contributed by atoms with Crippen molar-refractivity contribution in [1.29, 1.82) is 0 Å². The number of rotatable bonds is 5. The zero-order chi connectivity index (χ0) is 23.9. The summed E-state index contributed by atoms with van der Waals surface area (Å²) in [5, 5.41) is 8.76. The number of carbonyl (C=O) groups is 2. The molecule has 2 atom stereocenters. The summed E-state index contributed by atoms with van der Waals surface area (Å²) >= 11 is 0. The lowest BCUT2D eigenvalue weighted by Gasteiger charge is -2.42. The number of benzene rings is 1. The van der Waals surface area contributed by atoms with Gasteiger partial charge in [0.15, 0.2) is 0 Å². The lowest BCUT2D eigenvalue weighted by Crippen LogP contribution is -2.52. The van der Waals surface area contributed by atoms with E-state index < -0.39 is 5.41 Å². The fourth-order valence-electron chi connectivity index (χ4n) is 5.59. The van der Waals surface area contributed by atoms with Crippen molar-refractivity contribution >= 4 is 11.8 Å². The predicted octanol–water partition coefficient (Wildman–Crippen LogP) is 2.64. The van der Waals surface area contributed by atoms with Crippen molar-refractivity contribution in [3.63, 3.8) is 0 Å². The maximum absolute atomic E-state index is 14.2. The Hall–Kier alpha value is -3.49. The van der Waals surface area contributed by atoms with Crippen molar-refractivity contribution in [2.45, 2.75) is 45.2 Å². The molecule has 2 fully saturated rings. The van der Waals surface area contributed by atoms with E-state index >= 15 is 0 Å². The van der Waals surface area contributed by atoms with Crippen LogP contribution >= 0.6 is 0 Å². The van der Waals surface area contributed by atoms with Crippen LogP contribution in [0.5, 0.6) is 0 Å². The fraction of sp³-hybridized carbons (Fsp3) is 0.480. The first kappa shape index (κ1) is 22.3. The van der Waals surface area contributed by atoms with Crippen LogP contribution in [0.2, 0.25) is 0 Å². The highest BCUT2D eigenvalue weighted by Gasteiger charge is 2.57. The first-order valence-corrected chi connectivity index (χ1v) is 11.9. The number of carbonyl (C=O) groups excluding carboxylic acids is 2. The summed E-state index contributed by atoms with van der Waals surface area (Å²) in [7, 11) is 1.74. The maximum atomic E-state index is 14.2. The van der Waals surface area contributed by atoms with E-state index in [-0.39, 0.29) is 29.6 Å². The fourth-order valence-corrected chi connectivity index (χ4v) is 5.59. The van der Waals surface area contributed by atoms with Crippen molar-refractivity contribution in [1.82, 2.24) is 34.3 Å². The van der Waals surface area contributed by atoms with Crippen LogP contribution in [0.4, 0.5) is 0 Å². The number of likely N-dealkylation sites (tertiary alicyclic amines) is 2. The Morgan fingerprint density at radius 3 is 2.71 bits per heavy atom. The highest BCUT2D eigenvalue weighted by Crippen LogP contribution is 2.50. The van der Waals surface area contributed by atoms with Gasteiger partial charge in [-0.1, -0.05) is 30.3 Å². The van der Waals surface area contributed by atoms with E-state index in [1.54, 1.807) is 18.1 Å². The minimum atomic E-state index is -0.690. The van der Waals surface area contributed by atoms with Gasteiger partial charge in [0, 0.05) is 57.1 Å². The Bertz CT molecular complexity index is 1180. The molecule has 178 valence electrons. The van der Waals surface area contributed by atoms with Crippen molar-refractivity contribution < 1.29 is 9.59 Å². The Balaban J connectivity index is 1.51. The second-order valence-corrected chi connectivity index (χ2v) is 9.75. The molecule has 2 aliphatic rings. The summed E-state index contributed by atoms with van der Waals surface area (Å²) in [5.74, 6) is -0.0873. The van der Waals surface area contributed by atoms with Crippen LogP contribution in [0.15, 0.2) is 48.9 Å². The van der Waals surface area contributed by atoms with Gasteiger partial charge in [0.1, 0.15) is 6.33 Å². The highest BCUT2D eigenvalue weighted by molar-refractivity contribution is 5.93. The summed E-state index contributed by atoms with van der Waals surface area (Å²) in [6.45, 7) is 6.28. The lowest BCUT2D eigenvalue weighted by atomic mass is 9.70. The number of amides is 2. The Kier molecular flexibility index (Phi) is 5.71. The summed E-state index contributed by atoms with van der Waals surface area (Å²) in [6, 6.07) is 12.2. The minimum absolute atomic E-state index is 0.119. The van der Waals surface area contributed by atoms with Gasteiger partial charge in [-0.2, -0.15) is 5.10 Å². The van der Waals surface area contributed by atoms with Gasteiger partial charge >= 0.3 is 0 Å². The van der Waals surface area contributed by atoms with Gasteiger partial charge in [-0.25, -0.2) is 4.98 Å². The smallest absolute Gasteiger partial charge is 0.293 e. The molecular weight excluding hydrogens is 430 g/mol. The molecule has 0 radical (unpaired) electrons. The molecule has 1 spiro atoms. The van der Waals surface area contributed by atoms with Gasteiger partial charge in [-0.05, 0) is 38.3 Å². The molecule has 9 heteroatoms. The molecule has 2 aromatic heterocycles. The van der Waals surface area contributed by atoms with Gasteiger partial charge in [-0.15, -0.1) is 5.10 Å². The van der Waals surface area contributed by atoms with E-state index in [4.69, 9.17) is 0 Å². The van der Waals surface area contributed by atoms with Crippen LogP contribution in [0.25, 0.3) is 0 Å². The van der Waals surface area contributed by atoms with E-state index in [9.17, 15) is 9.59 Å². The third-order valence-corrected chi connectivity index (χ3v) is 7.15. The number of aryl methyl sites for hydroxylation is 1. The molecule has 1 aromatic carbocycles. The largest absolute Gasteiger partial charge is 0.338 e. The van der Waals surface area contributed by atoms with Crippen LogP contribution in [0, 0.1) is 5.41 Å². The van der Waals surface area contributed by atoms with Crippen LogP contribution < -0.4 is 0 Å². The van der Waals surface area contributed by atoms with Gasteiger partial charge in [0.25, 0.3) is 5.91 Å². The molecule has 9 nitrogen and oxygen atoms in total. The van der Waals surface area contributed by atoms with Crippen molar-refractivity contribution in [3.05, 3.63) is 66.0 Å². The lowest BCUT2D eigenvalue weighted by molar-refractivity contribution is -0.147. The Labute approximate surface area is 199 Å². The molecule has 2 saturated heterocycles. The summed E-state index contributed by atoms with van der Waals surface area (Å²) in [5.41, 5.74) is 1.43. The molecule has 0 bridgehead atoms. The first-order chi connectivity index (χ1) is 16.4. The molecule has 5 rings (SSSR count). The molecule has 0 aliphatic carbocycles. The average Bonchev–Trinajstić information content (AvgIpc) is 3.56. The molecule has 4 heterocycles. The normalized spacial score (nSPS) is 22.8. The molecule has 2 unspecified atom stereocenters. The Morgan fingerprint density at radius 1 is 1.21 bits per heavy atom. The third-order valence-electron chi connectivity index (χ3n) is 7.15. The van der Waals surface area contributed by atoms with E-state index in [0.29, 0.717) is 19.6 Å². The highest BCUT2D eigenvalue weighted by atomic mass is 16.2. The van der Waals surface area contributed by atoms with Crippen LogP contribution in [-0.4, -0.2) is 65.8 Å². The zero-order valence-electron chi connectivity index (χ0n) is 20.0. The van der Waals surface area contributed by atoms with Crippen molar-refractivity contribution in [2.75, 3.05) is 19.6 Å². The second-order valence-electron chi connectivity index (χ2n) is 9.75. The molecule has 3 aromatic rings. The topological polar surface area (TPSA) is 89.2 Å². The summed E-state index contributed by atoms with van der Waals surface area (Å²) in [4.78, 5) is 35.4. The standard InChI is InChI=1S/C25H31N7O2/c1-18(2)32-21(10-12-27-32)20-15-31(23(33)22-26-17-29(3)28-22)16-25(20)11-7-13-30(24(25)34)14-19-8-5-4-6-9-19/h4-6,8-10,12,17-18,20H,7,11,13-16H2,1-3H3. The quantitative estimate of drug-likeness (QED) is 0.583. The van der Waals surface area contributed by atoms with Crippen LogP contribution in [-0.2, 0) is 18.4 Å². The van der Waals surface area contributed by atoms with E-state index in [1.807, 2.05) is 33.8 Å². The number of hydrogen-bond donors (Lipinski definition) is 0. The molecule has 2 aliphatic heterocycles. The molecule has 2 amide bonds. The zero-order valence-corrected chi connectivity index (χ0v) is 20.0. The third kappa shape index (κ3) is 3.78. The van der Waals surface area contributed by atoms with E-state index in [1.165, 1.54) is 11.0 Å². The van der Waals surface area contributed by atoms with E-state index in [0.717, 1.165) is 30.6 Å². The minimum Gasteiger partial charge on any atom is -0.338 e. The summed E-state index contributed by atoms with van der Waals surface area (Å²) in [6.07, 6.45) is 4.96. The van der Waals surface area contributed by atoms with Gasteiger partial charge in [0.2, 0.25) is 11.7 Å². The Morgan fingerprint density at radius 2 is 2.00 bits per heavy atom. The van der Waals surface area contributed by atoms with Crippen molar-refractivity contribution in [2.24, 2.45) is 12.5 Å². The van der Waals surface area contributed by atoms with Crippen LogP contribution in [0.3, 0.4) is 0 Å². The number of aromatic nitrogens is 5. The second kappa shape index (κ2) is 8.70. The molecule has 0 saturated carbocycles. The average molecular weight is 462 g/mol. The number of piperidine rings is 1. The molecule has 34 heavy (non-hydrogen) atoms. The molecule has 0 N–H and O–H groups in total. The SMILES string of the molecule is CC(C)n1nccc1C1CN(C(=O)c2ncn(C)n2)CC12CCCN(Cc1ccccc1)C2=O. The predicted molar refractivity (Wildman–Crippen MR) is 126 cm³/mol. The maximum Gasteiger partial charge on any atom is 0.293 e. The van der Waals surface area contributed by atoms with E-state index in [2.05, 4.69) is 41.2 Å². The van der Waals surface area contributed by atoms with Crippen LogP contribution in [0.1, 0.15) is 60.5 Å².